The van der Waals surface area contributed by atoms with Gasteiger partial charge in [0.1, 0.15) is 5.58 Å². The first-order valence-electron chi connectivity index (χ1n) is 18.8. The van der Waals surface area contributed by atoms with Crippen molar-refractivity contribution in [3.05, 3.63) is 206 Å². The molecule has 3 nitrogen and oxygen atoms in total. The quantitative estimate of drug-likeness (QED) is 0.172. The minimum Gasteiger partial charge on any atom is -0.454 e. The van der Waals surface area contributed by atoms with E-state index in [4.69, 9.17) is 4.42 Å². The Morgan fingerprint density at radius 2 is 0.982 bits per heavy atom. The highest BCUT2D eigenvalue weighted by molar-refractivity contribution is 6.18. The fourth-order valence-corrected chi connectivity index (χ4v) is 8.58. The van der Waals surface area contributed by atoms with E-state index in [0.717, 1.165) is 61.3 Å². The van der Waals surface area contributed by atoms with Gasteiger partial charge in [0.15, 0.2) is 5.58 Å². The third kappa shape index (κ3) is 4.98. The van der Waals surface area contributed by atoms with Crippen molar-refractivity contribution >= 4 is 71.6 Å². The Kier molecular flexibility index (Phi) is 7.17. The lowest BCUT2D eigenvalue weighted by molar-refractivity contribution is 0.666. The van der Waals surface area contributed by atoms with Crippen LogP contribution >= 0.6 is 0 Å². The molecule has 258 valence electrons. The van der Waals surface area contributed by atoms with Crippen LogP contribution in [0.3, 0.4) is 0 Å². The Morgan fingerprint density at radius 1 is 0.382 bits per heavy atom. The smallest absolute Gasteiger partial charge is 0.159 e. The maximum atomic E-state index is 6.60. The molecule has 0 saturated carbocycles. The molecule has 55 heavy (non-hydrogen) atoms. The normalized spacial score (nSPS) is 11.6. The zero-order valence-electron chi connectivity index (χ0n) is 29.9. The Hall–Kier alpha value is -7.36. The largest absolute Gasteiger partial charge is 0.454 e. The molecule has 2 aromatic heterocycles. The molecule has 0 aliphatic carbocycles. The van der Waals surface area contributed by atoms with E-state index in [9.17, 15) is 0 Å². The van der Waals surface area contributed by atoms with Crippen LogP contribution in [0.1, 0.15) is 0 Å². The number of rotatable bonds is 6. The second-order valence-electron chi connectivity index (χ2n) is 14.1. The Bertz CT molecular complexity index is 3200. The molecule has 0 aliphatic rings. The van der Waals surface area contributed by atoms with Crippen molar-refractivity contribution in [2.75, 3.05) is 4.90 Å². The Balaban J connectivity index is 1.12. The Labute approximate surface area is 318 Å². The zero-order chi connectivity index (χ0) is 36.3. The fourth-order valence-electron chi connectivity index (χ4n) is 8.58. The lowest BCUT2D eigenvalue weighted by Crippen LogP contribution is -2.11. The van der Waals surface area contributed by atoms with E-state index in [2.05, 4.69) is 210 Å². The highest BCUT2D eigenvalue weighted by Gasteiger charge is 2.23. The molecule has 9 aromatic carbocycles. The van der Waals surface area contributed by atoms with Crippen molar-refractivity contribution in [2.24, 2.45) is 0 Å². The summed E-state index contributed by atoms with van der Waals surface area (Å²) in [6.45, 7) is 0. The van der Waals surface area contributed by atoms with Gasteiger partial charge in [0.05, 0.1) is 22.4 Å². The molecule has 2 heterocycles. The van der Waals surface area contributed by atoms with Gasteiger partial charge in [-0.3, -0.25) is 0 Å². The number of fused-ring (bicyclic) bond motifs is 7. The minimum atomic E-state index is 0.888. The number of hydrogen-bond donors (Lipinski definition) is 0. The van der Waals surface area contributed by atoms with E-state index in [-0.39, 0.29) is 0 Å². The summed E-state index contributed by atoms with van der Waals surface area (Å²) >= 11 is 0. The third-order valence-electron chi connectivity index (χ3n) is 11.0. The maximum Gasteiger partial charge on any atom is 0.159 e. The van der Waals surface area contributed by atoms with Gasteiger partial charge < -0.3 is 13.9 Å². The number of nitrogens with zero attached hydrogens (tertiary/aromatic N) is 2. The average molecular weight is 703 g/mol. The van der Waals surface area contributed by atoms with Crippen LogP contribution in [-0.2, 0) is 0 Å². The van der Waals surface area contributed by atoms with Gasteiger partial charge in [0.25, 0.3) is 0 Å². The molecule has 0 fully saturated rings. The molecule has 3 heteroatoms. The van der Waals surface area contributed by atoms with Gasteiger partial charge in [0, 0.05) is 38.5 Å². The van der Waals surface area contributed by atoms with E-state index in [0.29, 0.717) is 0 Å². The van der Waals surface area contributed by atoms with Crippen LogP contribution in [-0.4, -0.2) is 4.57 Å². The van der Waals surface area contributed by atoms with Crippen LogP contribution in [0.25, 0.3) is 82.5 Å². The predicted octanol–water partition coefficient (Wildman–Crippen LogP) is 14.6. The number of hydrogen-bond acceptors (Lipinski definition) is 2. The molecule has 0 atom stereocenters. The summed E-state index contributed by atoms with van der Waals surface area (Å²) in [4.78, 5) is 2.38. The van der Waals surface area contributed by atoms with Crippen LogP contribution < -0.4 is 4.90 Å². The monoisotopic (exact) mass is 702 g/mol. The molecule has 0 spiro atoms. The van der Waals surface area contributed by atoms with Gasteiger partial charge in [-0.25, -0.2) is 0 Å². The van der Waals surface area contributed by atoms with E-state index in [1.165, 1.54) is 38.2 Å². The predicted molar refractivity (Wildman–Crippen MR) is 231 cm³/mol. The summed E-state index contributed by atoms with van der Waals surface area (Å²) in [7, 11) is 0. The van der Waals surface area contributed by atoms with Gasteiger partial charge >= 0.3 is 0 Å². The van der Waals surface area contributed by atoms with E-state index in [1.54, 1.807) is 0 Å². The molecular formula is C52H34N2O. The zero-order valence-corrected chi connectivity index (χ0v) is 29.9. The van der Waals surface area contributed by atoms with E-state index >= 15 is 0 Å². The molecule has 11 rings (SSSR count). The van der Waals surface area contributed by atoms with Crippen molar-refractivity contribution in [1.82, 2.24) is 4.57 Å². The second kappa shape index (κ2) is 12.6. The summed E-state index contributed by atoms with van der Waals surface area (Å²) in [5, 5.41) is 7.15. The van der Waals surface area contributed by atoms with Gasteiger partial charge in [0.2, 0.25) is 0 Å². The van der Waals surface area contributed by atoms with Crippen LogP contribution in [0, 0.1) is 0 Å². The van der Waals surface area contributed by atoms with Crippen LogP contribution in [0.15, 0.2) is 211 Å². The van der Waals surface area contributed by atoms with Crippen molar-refractivity contribution in [3.63, 3.8) is 0 Å². The van der Waals surface area contributed by atoms with Crippen molar-refractivity contribution in [3.8, 4) is 27.9 Å². The first-order chi connectivity index (χ1) is 27.3. The first kappa shape index (κ1) is 31.2. The summed E-state index contributed by atoms with van der Waals surface area (Å²) < 4.78 is 8.98. The van der Waals surface area contributed by atoms with Crippen LogP contribution in [0.5, 0.6) is 0 Å². The van der Waals surface area contributed by atoms with Crippen LogP contribution in [0.4, 0.5) is 17.1 Å². The Morgan fingerprint density at radius 3 is 1.87 bits per heavy atom. The van der Waals surface area contributed by atoms with Crippen LogP contribution in [0.2, 0.25) is 0 Å². The van der Waals surface area contributed by atoms with E-state index in [1.807, 2.05) is 6.07 Å². The fraction of sp³-hybridized carbons (Fsp3) is 0. The number of para-hydroxylation sites is 5. The molecule has 0 aliphatic heterocycles. The average Bonchev–Trinajstić information content (AvgIpc) is 3.81. The number of aromatic nitrogens is 1. The van der Waals surface area contributed by atoms with Gasteiger partial charge in [-0.1, -0.05) is 152 Å². The summed E-state index contributed by atoms with van der Waals surface area (Å²) in [5.41, 5.74) is 13.1. The molecule has 0 bridgehead atoms. The number of anilines is 3. The van der Waals surface area contributed by atoms with Crippen molar-refractivity contribution in [2.45, 2.75) is 0 Å². The lowest BCUT2D eigenvalue weighted by Gasteiger charge is -2.28. The maximum absolute atomic E-state index is 6.60. The van der Waals surface area contributed by atoms with Gasteiger partial charge in [-0.2, -0.15) is 0 Å². The molecule has 0 unspecified atom stereocenters. The lowest BCUT2D eigenvalue weighted by atomic mass is 9.96. The van der Waals surface area contributed by atoms with Crippen molar-refractivity contribution < 1.29 is 4.42 Å². The van der Waals surface area contributed by atoms with E-state index < -0.39 is 0 Å². The molecule has 11 aromatic rings. The van der Waals surface area contributed by atoms with Gasteiger partial charge in [-0.15, -0.1) is 0 Å². The molecule has 0 N–H and O–H groups in total. The highest BCUT2D eigenvalue weighted by atomic mass is 16.3. The topological polar surface area (TPSA) is 21.3 Å². The second-order valence-corrected chi connectivity index (χ2v) is 14.1. The SMILES string of the molecule is c1ccc(N(c2ccc(-c3cccc4ccccc34)cc2)c2ccccc2-c2cccc3c2c2ccccc2n3-c2cccc3c2oc2ccccc23)cc1. The molecular weight excluding hydrogens is 669 g/mol. The molecule has 0 amide bonds. The first-order valence-corrected chi connectivity index (χ1v) is 18.8. The minimum absolute atomic E-state index is 0.888. The van der Waals surface area contributed by atoms with Crippen molar-refractivity contribution in [1.29, 1.82) is 0 Å². The summed E-state index contributed by atoms with van der Waals surface area (Å²) in [6.07, 6.45) is 0. The highest BCUT2D eigenvalue weighted by Crippen LogP contribution is 2.46. The number of furan rings is 1. The molecule has 0 radical (unpaired) electrons. The third-order valence-corrected chi connectivity index (χ3v) is 11.0. The van der Waals surface area contributed by atoms with Gasteiger partial charge in [-0.05, 0) is 82.1 Å². The summed E-state index contributed by atoms with van der Waals surface area (Å²) in [5.74, 6) is 0. The standard InChI is InChI=1S/C52H34N2O/c1-2-17-37(18-3-1)53(38-33-31-36(32-34-38)40-23-12-16-35-15-4-5-19-39(35)40)46-26-9-6-20-41(46)43-24-13-28-48-51(43)45-22-7-10-27-47(45)54(48)49-29-14-25-44-42-21-8-11-30-50(42)55-52(44)49/h1-34H. The number of benzene rings is 9. The summed E-state index contributed by atoms with van der Waals surface area (Å²) in [6, 6.07) is 73.9. The molecule has 0 saturated heterocycles.